The van der Waals surface area contributed by atoms with E-state index in [0.717, 1.165) is 22.3 Å². The van der Waals surface area contributed by atoms with E-state index in [1.54, 1.807) is 19.2 Å². The van der Waals surface area contributed by atoms with Crippen LogP contribution in [0.25, 0.3) is 0 Å². The van der Waals surface area contributed by atoms with Gasteiger partial charge in [0.25, 0.3) is 5.91 Å². The molecule has 2 amide bonds. The molecule has 1 fully saturated rings. The summed E-state index contributed by atoms with van der Waals surface area (Å²) < 4.78 is 10.7. The van der Waals surface area contributed by atoms with Crippen molar-refractivity contribution in [2.75, 3.05) is 12.9 Å². The predicted octanol–water partition coefficient (Wildman–Crippen LogP) is 3.60. The summed E-state index contributed by atoms with van der Waals surface area (Å²) in [6.07, 6.45) is 0.691. The number of rotatable bonds is 9. The molecule has 35 heavy (non-hydrogen) atoms. The number of amides is 2. The van der Waals surface area contributed by atoms with Gasteiger partial charge >= 0.3 is 5.97 Å². The van der Waals surface area contributed by atoms with Crippen molar-refractivity contribution in [1.29, 1.82) is 0 Å². The minimum absolute atomic E-state index is 0.0732. The molecule has 1 N–H and O–H groups in total. The maximum Gasteiger partial charge on any atom is 0.355 e. The van der Waals surface area contributed by atoms with Crippen LogP contribution in [0.5, 0.6) is 5.75 Å². The third-order valence-electron chi connectivity index (χ3n) is 5.81. The van der Waals surface area contributed by atoms with Gasteiger partial charge in [0.15, 0.2) is 0 Å². The predicted molar refractivity (Wildman–Crippen MR) is 134 cm³/mol. The van der Waals surface area contributed by atoms with Gasteiger partial charge in [0.05, 0.1) is 13.5 Å². The summed E-state index contributed by atoms with van der Waals surface area (Å²) >= 11 is 1.53. The first-order valence-electron chi connectivity index (χ1n) is 11.3. The zero-order valence-electron chi connectivity index (χ0n) is 19.8. The lowest BCUT2D eigenvalue weighted by atomic mass is 9.99. The maximum atomic E-state index is 13.2. The lowest BCUT2D eigenvalue weighted by Gasteiger charge is -2.49. The Balaban J connectivity index is 1.46. The largest absolute Gasteiger partial charge is 0.497 e. The molecule has 1 saturated heterocycles. The van der Waals surface area contributed by atoms with Crippen molar-refractivity contribution in [3.05, 3.63) is 89.1 Å². The third kappa shape index (κ3) is 5.59. The van der Waals surface area contributed by atoms with Crippen LogP contribution in [-0.2, 0) is 32.1 Å². The van der Waals surface area contributed by atoms with Gasteiger partial charge in [0, 0.05) is 5.75 Å². The zero-order valence-corrected chi connectivity index (χ0v) is 20.6. The Kier molecular flexibility index (Phi) is 7.60. The molecule has 2 atom stereocenters. The van der Waals surface area contributed by atoms with Gasteiger partial charge in [-0.15, -0.1) is 11.8 Å². The number of carbonyl (C=O) groups excluding carboxylic acids is 3. The van der Waals surface area contributed by atoms with E-state index in [1.807, 2.05) is 49.4 Å². The fraction of sp³-hybridized carbons (Fsp3) is 0.296. The monoisotopic (exact) mass is 492 g/mol. The smallest absolute Gasteiger partial charge is 0.355 e. The molecule has 4 rings (SSSR count). The highest BCUT2D eigenvalue weighted by Crippen LogP contribution is 2.42. The fourth-order valence-electron chi connectivity index (χ4n) is 4.12. The van der Waals surface area contributed by atoms with Gasteiger partial charge in [-0.1, -0.05) is 54.6 Å². The van der Waals surface area contributed by atoms with Crippen LogP contribution < -0.4 is 10.1 Å². The van der Waals surface area contributed by atoms with E-state index in [9.17, 15) is 14.4 Å². The molecule has 0 bridgehead atoms. The Labute approximate surface area is 209 Å². The molecular weight excluding hydrogens is 464 g/mol. The average Bonchev–Trinajstić information content (AvgIpc) is 2.86. The van der Waals surface area contributed by atoms with Gasteiger partial charge in [-0.25, -0.2) is 4.79 Å². The van der Waals surface area contributed by atoms with Crippen LogP contribution in [0, 0.1) is 0 Å². The summed E-state index contributed by atoms with van der Waals surface area (Å²) in [6, 6.07) is 15.9. The molecule has 8 heteroatoms. The number of esters is 1. The fourth-order valence-corrected chi connectivity index (χ4v) is 5.46. The van der Waals surface area contributed by atoms with Crippen molar-refractivity contribution in [3.63, 3.8) is 0 Å². The molecule has 7 nitrogen and oxygen atoms in total. The molecule has 2 aliphatic heterocycles. The van der Waals surface area contributed by atoms with Gasteiger partial charge in [-0.2, -0.15) is 0 Å². The number of nitrogens with one attached hydrogen (secondary N) is 1. The molecule has 0 radical (unpaired) electrons. The first-order valence-corrected chi connectivity index (χ1v) is 12.4. The second kappa shape index (κ2) is 10.8. The van der Waals surface area contributed by atoms with Crippen molar-refractivity contribution >= 4 is 29.5 Å². The number of ether oxygens (including phenoxy) is 2. The Morgan fingerprint density at radius 3 is 2.46 bits per heavy atom. The molecule has 0 unspecified atom stereocenters. The summed E-state index contributed by atoms with van der Waals surface area (Å²) in [5.41, 5.74) is 3.64. The number of thioether (sulfide) groups is 1. The van der Waals surface area contributed by atoms with E-state index in [2.05, 4.69) is 11.9 Å². The highest BCUT2D eigenvalue weighted by molar-refractivity contribution is 8.00. The number of fused-ring (bicyclic) bond motifs is 1. The number of benzene rings is 2. The normalized spacial score (nSPS) is 18.9. The maximum absolute atomic E-state index is 13.2. The topological polar surface area (TPSA) is 84.9 Å². The molecule has 2 heterocycles. The lowest BCUT2D eigenvalue weighted by molar-refractivity contribution is -0.153. The van der Waals surface area contributed by atoms with Gasteiger partial charge in [0.2, 0.25) is 5.91 Å². The van der Waals surface area contributed by atoms with Crippen LogP contribution in [-0.4, -0.2) is 47.0 Å². The summed E-state index contributed by atoms with van der Waals surface area (Å²) in [7, 11) is 1.59. The Morgan fingerprint density at radius 2 is 1.80 bits per heavy atom. The number of allylic oxidation sites excluding steroid dienone is 1. The first-order chi connectivity index (χ1) is 16.9. The van der Waals surface area contributed by atoms with Crippen LogP contribution in [0.15, 0.2) is 78.0 Å². The van der Waals surface area contributed by atoms with E-state index in [4.69, 9.17) is 9.47 Å². The van der Waals surface area contributed by atoms with Gasteiger partial charge < -0.3 is 14.8 Å². The molecule has 2 aliphatic rings. The van der Waals surface area contributed by atoms with E-state index in [1.165, 1.54) is 16.7 Å². The number of methoxy groups -OCH3 is 1. The van der Waals surface area contributed by atoms with E-state index in [0.29, 0.717) is 17.9 Å². The molecule has 2 aromatic rings. The number of β-lactam (4-membered cyclic amide) rings is 1. The van der Waals surface area contributed by atoms with E-state index >= 15 is 0 Å². The molecular formula is C27H28N2O5S. The zero-order chi connectivity index (χ0) is 24.9. The van der Waals surface area contributed by atoms with Crippen molar-refractivity contribution in [1.82, 2.24) is 10.2 Å². The van der Waals surface area contributed by atoms with Gasteiger partial charge in [0.1, 0.15) is 29.5 Å². The third-order valence-corrected chi connectivity index (χ3v) is 7.15. The van der Waals surface area contributed by atoms with Crippen LogP contribution >= 0.6 is 11.8 Å². The van der Waals surface area contributed by atoms with Gasteiger partial charge in [-0.3, -0.25) is 14.5 Å². The second-order valence-electron chi connectivity index (χ2n) is 8.63. The van der Waals surface area contributed by atoms with Crippen molar-refractivity contribution in [2.45, 2.75) is 37.8 Å². The van der Waals surface area contributed by atoms with Crippen LogP contribution in [0.4, 0.5) is 0 Å². The SMILES string of the molecule is C=C(C)CC1=C(C(=O)OCc2ccc(OC)cc2)N2C(=O)[C@@H](NC(=O)Cc3ccccc3)[C@H]2SC1. The van der Waals surface area contributed by atoms with E-state index < -0.39 is 12.0 Å². The standard InChI is InChI=1S/C27H28N2O5S/c1-17(2)13-20-16-35-26-23(28-22(30)14-18-7-5-4-6-8-18)25(31)29(26)24(20)27(32)34-15-19-9-11-21(33-3)12-10-19/h4-12,23,26H,1,13-16H2,2-3H3,(H,28,30)/t23-,26-/m1/s1. The summed E-state index contributed by atoms with van der Waals surface area (Å²) in [4.78, 5) is 40.3. The quantitative estimate of drug-likeness (QED) is 0.327. The number of hydrogen-bond acceptors (Lipinski definition) is 6. The van der Waals surface area contributed by atoms with Crippen molar-refractivity contribution < 1.29 is 23.9 Å². The minimum Gasteiger partial charge on any atom is -0.497 e. The number of nitrogens with zero attached hydrogens (tertiary/aromatic N) is 1. The molecule has 0 saturated carbocycles. The summed E-state index contributed by atoms with van der Waals surface area (Å²) in [5, 5.41) is 2.49. The van der Waals surface area contributed by atoms with Crippen molar-refractivity contribution in [3.8, 4) is 5.75 Å². The van der Waals surface area contributed by atoms with Crippen LogP contribution in [0.1, 0.15) is 24.5 Å². The Hall–Kier alpha value is -3.52. The molecule has 0 aromatic heterocycles. The molecule has 2 aromatic carbocycles. The summed E-state index contributed by atoms with van der Waals surface area (Å²) in [6.45, 7) is 5.92. The van der Waals surface area contributed by atoms with Crippen molar-refractivity contribution in [2.24, 2.45) is 0 Å². The number of carbonyl (C=O) groups is 3. The molecule has 0 aliphatic carbocycles. The van der Waals surface area contributed by atoms with Crippen LogP contribution in [0.3, 0.4) is 0 Å². The average molecular weight is 493 g/mol. The minimum atomic E-state index is -0.674. The highest BCUT2D eigenvalue weighted by atomic mass is 32.2. The van der Waals surface area contributed by atoms with Gasteiger partial charge in [-0.05, 0) is 42.2 Å². The first kappa shape index (κ1) is 24.6. The Morgan fingerprint density at radius 1 is 1.09 bits per heavy atom. The molecule has 0 spiro atoms. The van der Waals surface area contributed by atoms with E-state index in [-0.39, 0.29) is 35.9 Å². The Bertz CT molecular complexity index is 1160. The summed E-state index contributed by atoms with van der Waals surface area (Å²) in [5.74, 6) is 0.184. The molecule has 182 valence electrons. The number of hydrogen-bond donors (Lipinski definition) is 1. The second-order valence-corrected chi connectivity index (χ2v) is 9.73. The highest BCUT2D eigenvalue weighted by Gasteiger charge is 2.54. The van der Waals surface area contributed by atoms with Crippen LogP contribution in [0.2, 0.25) is 0 Å². The lowest BCUT2D eigenvalue weighted by Crippen LogP contribution is -2.70.